The van der Waals surface area contributed by atoms with Gasteiger partial charge in [0, 0.05) is 24.1 Å². The highest BCUT2D eigenvalue weighted by Gasteiger charge is 2.07. The summed E-state index contributed by atoms with van der Waals surface area (Å²) in [5.74, 6) is 0.756. The minimum atomic E-state index is 0.0187. The smallest absolute Gasteiger partial charge is 0.119 e. The van der Waals surface area contributed by atoms with Gasteiger partial charge in [-0.25, -0.2) is 0 Å². The van der Waals surface area contributed by atoms with E-state index in [-0.39, 0.29) is 12.6 Å². The van der Waals surface area contributed by atoms with Crippen LogP contribution in [0.1, 0.15) is 18.5 Å². The lowest BCUT2D eigenvalue weighted by Gasteiger charge is -2.17. The van der Waals surface area contributed by atoms with Crippen molar-refractivity contribution in [3.8, 4) is 16.9 Å². The molecule has 3 aromatic rings. The van der Waals surface area contributed by atoms with E-state index in [0.29, 0.717) is 6.61 Å². The van der Waals surface area contributed by atoms with Crippen molar-refractivity contribution < 1.29 is 9.84 Å². The van der Waals surface area contributed by atoms with Crippen LogP contribution in [0.25, 0.3) is 11.1 Å². The number of nitrogens with one attached hydrogen (secondary N) is 1. The van der Waals surface area contributed by atoms with Gasteiger partial charge in [-0.3, -0.25) is 4.98 Å². The normalized spacial score (nSPS) is 11.8. The number of aliphatic hydroxyl groups is 1. The number of nitrogens with zero attached hydrogens (tertiary/aromatic N) is 1. The lowest BCUT2D eigenvalue weighted by atomic mass is 10.0. The molecule has 4 heteroatoms. The Morgan fingerprint density at radius 2 is 1.76 bits per heavy atom. The van der Waals surface area contributed by atoms with E-state index in [9.17, 15) is 0 Å². The van der Waals surface area contributed by atoms with Gasteiger partial charge < -0.3 is 15.2 Å². The van der Waals surface area contributed by atoms with Crippen LogP contribution in [0.2, 0.25) is 0 Å². The Hall–Kier alpha value is -2.85. The standard InChI is InChI=1S/C21H22N2O2/c1-16(23-20-5-7-21(8-6-20)25-14-13-24)18-3-2-4-19(15-18)17-9-11-22-12-10-17/h2-12,15-16,23-24H,13-14H2,1H3. The Labute approximate surface area is 148 Å². The Morgan fingerprint density at radius 3 is 2.48 bits per heavy atom. The van der Waals surface area contributed by atoms with Crippen molar-refractivity contribution in [1.82, 2.24) is 4.98 Å². The maximum atomic E-state index is 8.79. The third-order valence-electron chi connectivity index (χ3n) is 4.00. The number of hydrogen-bond donors (Lipinski definition) is 2. The van der Waals surface area contributed by atoms with Gasteiger partial charge in [0.05, 0.1) is 6.61 Å². The van der Waals surface area contributed by atoms with Crippen molar-refractivity contribution >= 4 is 5.69 Å². The molecule has 25 heavy (non-hydrogen) atoms. The molecule has 2 aromatic carbocycles. The molecule has 0 spiro atoms. The summed E-state index contributed by atoms with van der Waals surface area (Å²) in [5, 5.41) is 12.3. The molecule has 0 fully saturated rings. The van der Waals surface area contributed by atoms with Crippen LogP contribution in [0.4, 0.5) is 5.69 Å². The van der Waals surface area contributed by atoms with E-state index in [1.54, 1.807) is 0 Å². The molecule has 3 rings (SSSR count). The van der Waals surface area contributed by atoms with E-state index in [1.807, 2.05) is 48.8 Å². The van der Waals surface area contributed by atoms with E-state index >= 15 is 0 Å². The van der Waals surface area contributed by atoms with Crippen molar-refractivity contribution in [2.24, 2.45) is 0 Å². The summed E-state index contributed by atoms with van der Waals surface area (Å²) >= 11 is 0. The predicted octanol–water partition coefficient (Wildman–Crippen LogP) is 4.29. The second-order valence-corrected chi connectivity index (χ2v) is 5.82. The van der Waals surface area contributed by atoms with Gasteiger partial charge in [-0.1, -0.05) is 18.2 Å². The van der Waals surface area contributed by atoms with E-state index < -0.39 is 0 Å². The number of rotatable bonds is 7. The second-order valence-electron chi connectivity index (χ2n) is 5.82. The van der Waals surface area contributed by atoms with Crippen LogP contribution in [-0.4, -0.2) is 23.3 Å². The third kappa shape index (κ3) is 4.58. The SMILES string of the molecule is CC(Nc1ccc(OCCO)cc1)c1cccc(-c2ccncc2)c1. The van der Waals surface area contributed by atoms with Gasteiger partial charge in [-0.05, 0) is 66.1 Å². The maximum absolute atomic E-state index is 8.79. The summed E-state index contributed by atoms with van der Waals surface area (Å²) in [4.78, 5) is 4.07. The summed E-state index contributed by atoms with van der Waals surface area (Å²) in [6.07, 6.45) is 3.62. The molecule has 2 N–H and O–H groups in total. The van der Waals surface area contributed by atoms with E-state index in [4.69, 9.17) is 9.84 Å². The highest BCUT2D eigenvalue weighted by Crippen LogP contribution is 2.25. The molecule has 0 aliphatic heterocycles. The summed E-state index contributed by atoms with van der Waals surface area (Å²) in [7, 11) is 0. The van der Waals surface area contributed by atoms with Gasteiger partial charge in [-0.15, -0.1) is 0 Å². The van der Waals surface area contributed by atoms with Crippen molar-refractivity contribution in [3.05, 3.63) is 78.6 Å². The molecule has 1 heterocycles. The molecule has 0 aliphatic carbocycles. The van der Waals surface area contributed by atoms with Crippen LogP contribution in [0, 0.1) is 0 Å². The zero-order valence-corrected chi connectivity index (χ0v) is 14.2. The monoisotopic (exact) mass is 334 g/mol. The largest absolute Gasteiger partial charge is 0.491 e. The number of ether oxygens (including phenoxy) is 1. The molecule has 0 saturated carbocycles. The van der Waals surface area contributed by atoms with Crippen LogP contribution in [0.3, 0.4) is 0 Å². The average molecular weight is 334 g/mol. The van der Waals surface area contributed by atoms with Crippen LogP contribution in [-0.2, 0) is 0 Å². The molecule has 0 saturated heterocycles. The van der Waals surface area contributed by atoms with Gasteiger partial charge in [0.25, 0.3) is 0 Å². The Kier molecular flexibility index (Phi) is 5.65. The van der Waals surface area contributed by atoms with Crippen molar-refractivity contribution in [1.29, 1.82) is 0 Å². The third-order valence-corrected chi connectivity index (χ3v) is 4.00. The minimum absolute atomic E-state index is 0.0187. The lowest BCUT2D eigenvalue weighted by molar-refractivity contribution is 0.201. The predicted molar refractivity (Wildman–Crippen MR) is 101 cm³/mol. The summed E-state index contributed by atoms with van der Waals surface area (Å²) in [5.41, 5.74) is 4.59. The van der Waals surface area contributed by atoms with E-state index in [2.05, 4.69) is 41.5 Å². The van der Waals surface area contributed by atoms with Crippen LogP contribution < -0.4 is 10.1 Å². The number of benzene rings is 2. The number of aliphatic hydroxyl groups excluding tert-OH is 1. The summed E-state index contributed by atoms with van der Waals surface area (Å²) in [6.45, 7) is 2.47. The van der Waals surface area contributed by atoms with Crippen molar-refractivity contribution in [2.45, 2.75) is 13.0 Å². The highest BCUT2D eigenvalue weighted by atomic mass is 16.5. The van der Waals surface area contributed by atoms with Gasteiger partial charge >= 0.3 is 0 Å². The van der Waals surface area contributed by atoms with Gasteiger partial charge in [0.1, 0.15) is 12.4 Å². The van der Waals surface area contributed by atoms with Crippen LogP contribution in [0.15, 0.2) is 73.1 Å². The maximum Gasteiger partial charge on any atom is 0.119 e. The highest BCUT2D eigenvalue weighted by molar-refractivity contribution is 5.64. The molecule has 1 aromatic heterocycles. The zero-order valence-electron chi connectivity index (χ0n) is 14.2. The number of hydrogen-bond acceptors (Lipinski definition) is 4. The first-order chi connectivity index (χ1) is 12.3. The van der Waals surface area contributed by atoms with E-state index in [1.165, 1.54) is 11.1 Å². The van der Waals surface area contributed by atoms with Crippen LogP contribution >= 0.6 is 0 Å². The fraction of sp³-hybridized carbons (Fsp3) is 0.190. The number of anilines is 1. The zero-order chi connectivity index (χ0) is 17.5. The second kappa shape index (κ2) is 8.31. The molecular formula is C21H22N2O2. The Morgan fingerprint density at radius 1 is 1.00 bits per heavy atom. The van der Waals surface area contributed by atoms with Crippen molar-refractivity contribution in [3.63, 3.8) is 0 Å². The molecule has 128 valence electrons. The Balaban J connectivity index is 1.70. The minimum Gasteiger partial charge on any atom is -0.491 e. The van der Waals surface area contributed by atoms with E-state index in [0.717, 1.165) is 17.0 Å². The first-order valence-electron chi connectivity index (χ1n) is 8.37. The topological polar surface area (TPSA) is 54.4 Å². The van der Waals surface area contributed by atoms with Gasteiger partial charge in [0.2, 0.25) is 0 Å². The van der Waals surface area contributed by atoms with Gasteiger partial charge in [-0.2, -0.15) is 0 Å². The summed E-state index contributed by atoms with van der Waals surface area (Å²) in [6, 6.07) is 20.5. The molecule has 1 unspecified atom stereocenters. The molecule has 1 atom stereocenters. The first kappa shape index (κ1) is 17.0. The van der Waals surface area contributed by atoms with Crippen molar-refractivity contribution in [2.75, 3.05) is 18.5 Å². The number of aromatic nitrogens is 1. The molecule has 0 aliphatic rings. The first-order valence-corrected chi connectivity index (χ1v) is 8.37. The molecule has 0 radical (unpaired) electrons. The number of pyridine rings is 1. The Bertz CT molecular complexity index is 789. The fourth-order valence-electron chi connectivity index (χ4n) is 2.68. The average Bonchev–Trinajstić information content (AvgIpc) is 2.68. The van der Waals surface area contributed by atoms with Crippen LogP contribution in [0.5, 0.6) is 5.75 Å². The molecule has 0 bridgehead atoms. The molecule has 0 amide bonds. The lowest BCUT2D eigenvalue weighted by Crippen LogP contribution is -2.07. The fourth-order valence-corrected chi connectivity index (χ4v) is 2.68. The molecule has 4 nitrogen and oxygen atoms in total. The molecular weight excluding hydrogens is 312 g/mol. The summed E-state index contributed by atoms with van der Waals surface area (Å²) < 4.78 is 5.38. The van der Waals surface area contributed by atoms with Gasteiger partial charge in [0.15, 0.2) is 0 Å². The quantitative estimate of drug-likeness (QED) is 0.677.